The third-order valence-corrected chi connectivity index (χ3v) is 4.03. The molecule has 1 aromatic heterocycles. The smallest absolute Gasteiger partial charge is 0.323 e. The highest BCUT2D eigenvalue weighted by Gasteiger charge is 2.31. The van der Waals surface area contributed by atoms with Crippen molar-refractivity contribution in [2.45, 2.75) is 18.9 Å². The summed E-state index contributed by atoms with van der Waals surface area (Å²) in [6.45, 7) is 2.82. The number of urea groups is 1. The fraction of sp³-hybridized carbons (Fsp3) is 0.643. The van der Waals surface area contributed by atoms with Crippen molar-refractivity contribution >= 4 is 17.8 Å². The van der Waals surface area contributed by atoms with Crippen LogP contribution in [0.15, 0.2) is 12.3 Å². The molecule has 1 aromatic rings. The topological polar surface area (TPSA) is 79.7 Å². The van der Waals surface area contributed by atoms with Crippen molar-refractivity contribution in [3.05, 3.63) is 12.3 Å². The van der Waals surface area contributed by atoms with E-state index in [0.29, 0.717) is 38.6 Å². The Bertz CT molecular complexity index is 544. The number of hydrogen-bond donors (Lipinski definition) is 1. The summed E-state index contributed by atoms with van der Waals surface area (Å²) in [5.41, 5.74) is 0. The second kappa shape index (κ2) is 6.35. The van der Waals surface area contributed by atoms with E-state index in [1.807, 2.05) is 0 Å². The van der Waals surface area contributed by atoms with Crippen molar-refractivity contribution in [1.29, 1.82) is 0 Å². The summed E-state index contributed by atoms with van der Waals surface area (Å²) >= 11 is 0. The number of rotatable bonds is 2. The highest BCUT2D eigenvalue weighted by Crippen LogP contribution is 2.16. The Kier molecular flexibility index (Phi) is 4.28. The summed E-state index contributed by atoms with van der Waals surface area (Å²) in [5, 5.41) is 6.88. The third kappa shape index (κ3) is 3.22. The Morgan fingerprint density at radius 3 is 2.59 bits per heavy atom. The molecule has 0 aromatic carbocycles. The maximum Gasteiger partial charge on any atom is 0.323 e. The maximum absolute atomic E-state index is 12.2. The van der Waals surface area contributed by atoms with Gasteiger partial charge >= 0.3 is 6.03 Å². The molecule has 1 atom stereocenters. The van der Waals surface area contributed by atoms with Crippen LogP contribution in [-0.2, 0) is 16.6 Å². The van der Waals surface area contributed by atoms with Crippen molar-refractivity contribution in [2.24, 2.45) is 7.05 Å². The van der Waals surface area contributed by atoms with Gasteiger partial charge in [-0.05, 0) is 12.8 Å². The van der Waals surface area contributed by atoms with Crippen LogP contribution in [0.4, 0.5) is 10.6 Å². The molecule has 3 heterocycles. The predicted octanol–water partition coefficient (Wildman–Crippen LogP) is 0.275. The van der Waals surface area contributed by atoms with Crippen LogP contribution < -0.4 is 5.32 Å². The maximum atomic E-state index is 12.2. The van der Waals surface area contributed by atoms with Crippen LogP contribution in [-0.4, -0.2) is 70.4 Å². The van der Waals surface area contributed by atoms with Crippen LogP contribution in [0.3, 0.4) is 0 Å². The summed E-state index contributed by atoms with van der Waals surface area (Å²) in [5.74, 6) is 0.590. The predicted molar refractivity (Wildman–Crippen MR) is 79.4 cm³/mol. The van der Waals surface area contributed by atoms with E-state index in [1.165, 1.54) is 0 Å². The highest BCUT2D eigenvalue weighted by atomic mass is 16.5. The van der Waals surface area contributed by atoms with Gasteiger partial charge in [-0.3, -0.25) is 14.8 Å². The molecule has 1 unspecified atom stereocenters. The van der Waals surface area contributed by atoms with E-state index in [2.05, 4.69) is 10.4 Å². The number of aromatic nitrogens is 2. The van der Waals surface area contributed by atoms with Crippen molar-refractivity contribution in [3.8, 4) is 0 Å². The zero-order chi connectivity index (χ0) is 15.5. The van der Waals surface area contributed by atoms with Crippen LogP contribution in [0, 0.1) is 0 Å². The number of aryl methyl sites for hydroxylation is 1. The van der Waals surface area contributed by atoms with Crippen molar-refractivity contribution in [2.75, 3.05) is 38.1 Å². The van der Waals surface area contributed by atoms with E-state index in [0.717, 1.165) is 12.8 Å². The molecule has 0 bridgehead atoms. The van der Waals surface area contributed by atoms with Crippen LogP contribution in [0.25, 0.3) is 0 Å². The van der Waals surface area contributed by atoms with Crippen molar-refractivity contribution < 1.29 is 14.3 Å². The monoisotopic (exact) mass is 307 g/mol. The molecule has 22 heavy (non-hydrogen) atoms. The van der Waals surface area contributed by atoms with Crippen LogP contribution >= 0.6 is 0 Å². The first-order valence-corrected chi connectivity index (χ1v) is 7.59. The number of hydrogen-bond acceptors (Lipinski definition) is 4. The van der Waals surface area contributed by atoms with Gasteiger partial charge in [-0.1, -0.05) is 0 Å². The molecule has 3 amide bonds. The Balaban J connectivity index is 1.48. The average molecular weight is 307 g/mol. The van der Waals surface area contributed by atoms with Gasteiger partial charge in [0.05, 0.1) is 0 Å². The molecule has 2 aliphatic rings. The van der Waals surface area contributed by atoms with Gasteiger partial charge in [-0.15, -0.1) is 0 Å². The minimum atomic E-state index is -0.283. The Hall–Kier alpha value is -2.09. The van der Waals surface area contributed by atoms with Gasteiger partial charge in [0, 0.05) is 52.1 Å². The molecule has 3 rings (SSSR count). The van der Waals surface area contributed by atoms with Crippen molar-refractivity contribution in [1.82, 2.24) is 19.6 Å². The molecule has 8 nitrogen and oxygen atoms in total. The van der Waals surface area contributed by atoms with Gasteiger partial charge < -0.3 is 14.5 Å². The molecule has 1 N–H and O–H groups in total. The first kappa shape index (κ1) is 14.8. The van der Waals surface area contributed by atoms with Gasteiger partial charge in [-0.2, -0.15) is 5.10 Å². The fourth-order valence-corrected chi connectivity index (χ4v) is 2.78. The first-order valence-electron chi connectivity index (χ1n) is 7.59. The summed E-state index contributed by atoms with van der Waals surface area (Å²) < 4.78 is 7.06. The number of nitrogens with one attached hydrogen (secondary N) is 1. The fourth-order valence-electron chi connectivity index (χ4n) is 2.78. The Morgan fingerprint density at radius 1 is 1.27 bits per heavy atom. The zero-order valence-corrected chi connectivity index (χ0v) is 12.7. The minimum absolute atomic E-state index is 0.0577. The molecule has 2 saturated heterocycles. The average Bonchev–Trinajstić information content (AvgIpc) is 3.18. The molecular weight excluding hydrogens is 286 g/mol. The molecule has 2 aliphatic heterocycles. The van der Waals surface area contributed by atoms with Crippen molar-refractivity contribution in [3.63, 3.8) is 0 Å². The molecule has 2 fully saturated rings. The SMILES string of the molecule is Cn1ccc(NC(=O)N2CCN(C(=O)C3CCCO3)CC2)n1. The lowest BCUT2D eigenvalue weighted by molar-refractivity contribution is -0.142. The van der Waals surface area contributed by atoms with E-state index >= 15 is 0 Å². The first-order chi connectivity index (χ1) is 10.6. The third-order valence-electron chi connectivity index (χ3n) is 4.03. The Morgan fingerprint density at radius 2 is 2.00 bits per heavy atom. The van der Waals surface area contributed by atoms with E-state index < -0.39 is 0 Å². The zero-order valence-electron chi connectivity index (χ0n) is 12.7. The minimum Gasteiger partial charge on any atom is -0.368 e. The summed E-state index contributed by atoms with van der Waals surface area (Å²) in [7, 11) is 1.80. The second-order valence-electron chi connectivity index (χ2n) is 5.62. The van der Waals surface area contributed by atoms with Gasteiger partial charge in [0.2, 0.25) is 0 Å². The molecule has 8 heteroatoms. The quantitative estimate of drug-likeness (QED) is 0.851. The van der Waals surface area contributed by atoms with Gasteiger partial charge in [0.1, 0.15) is 6.10 Å². The normalized spacial score (nSPS) is 22.0. The number of carbonyl (C=O) groups is 2. The molecule has 0 aliphatic carbocycles. The van der Waals surface area contributed by atoms with E-state index in [1.54, 1.807) is 33.8 Å². The standard InChI is InChI=1S/C14H21N5O3/c1-17-5-4-12(16-17)15-14(21)19-8-6-18(7-9-19)13(20)11-3-2-10-22-11/h4-5,11H,2-3,6-10H2,1H3,(H,15,16,21). The highest BCUT2D eigenvalue weighted by molar-refractivity contribution is 5.88. The molecule has 120 valence electrons. The van der Waals surface area contributed by atoms with E-state index in [-0.39, 0.29) is 18.0 Å². The van der Waals surface area contributed by atoms with Gasteiger partial charge in [0.15, 0.2) is 5.82 Å². The number of ether oxygens (including phenoxy) is 1. The summed E-state index contributed by atoms with van der Waals surface area (Å²) in [4.78, 5) is 27.9. The Labute approximate surface area is 129 Å². The van der Waals surface area contributed by atoms with E-state index in [4.69, 9.17) is 4.74 Å². The molecular formula is C14H21N5O3. The summed E-state index contributed by atoms with van der Waals surface area (Å²) in [6.07, 6.45) is 3.24. The number of piperazine rings is 1. The van der Waals surface area contributed by atoms with Crippen LogP contribution in [0.1, 0.15) is 12.8 Å². The van der Waals surface area contributed by atoms with E-state index in [9.17, 15) is 9.59 Å². The van der Waals surface area contributed by atoms with Gasteiger partial charge in [0.25, 0.3) is 5.91 Å². The second-order valence-corrected chi connectivity index (χ2v) is 5.62. The largest absolute Gasteiger partial charge is 0.368 e. The number of amides is 3. The molecule has 0 spiro atoms. The van der Waals surface area contributed by atoms with Crippen LogP contribution in [0.2, 0.25) is 0 Å². The van der Waals surface area contributed by atoms with Gasteiger partial charge in [-0.25, -0.2) is 4.79 Å². The summed E-state index contributed by atoms with van der Waals surface area (Å²) in [6, 6.07) is 1.57. The lowest BCUT2D eigenvalue weighted by Gasteiger charge is -2.35. The lowest BCUT2D eigenvalue weighted by atomic mass is 10.2. The molecule has 0 saturated carbocycles. The molecule has 0 radical (unpaired) electrons. The van der Waals surface area contributed by atoms with Crippen LogP contribution in [0.5, 0.6) is 0 Å². The number of anilines is 1. The number of carbonyl (C=O) groups excluding carboxylic acids is 2. The number of nitrogens with zero attached hydrogens (tertiary/aromatic N) is 4. The lowest BCUT2D eigenvalue weighted by Crippen LogP contribution is -2.53.